The molecule has 0 N–H and O–H groups in total. The highest BCUT2D eigenvalue weighted by molar-refractivity contribution is 6.39. The molecule has 0 spiro atoms. The predicted molar refractivity (Wildman–Crippen MR) is 51.9 cm³/mol. The summed E-state index contributed by atoms with van der Waals surface area (Å²) in [5, 5.41) is 3.93. The Morgan fingerprint density at radius 1 is 1.21 bits per heavy atom. The SMILES string of the molecule is Fc1ccc(Cl)c(-c2ccon2)c1Cl. The second-order valence-corrected chi connectivity index (χ2v) is 3.39. The first-order valence-corrected chi connectivity index (χ1v) is 4.50. The smallest absolute Gasteiger partial charge is 0.142 e. The molecule has 0 atom stereocenters. The van der Waals surface area contributed by atoms with E-state index in [4.69, 9.17) is 23.2 Å². The molecule has 14 heavy (non-hydrogen) atoms. The Hall–Kier alpha value is -1.06. The van der Waals surface area contributed by atoms with Gasteiger partial charge in [-0.3, -0.25) is 0 Å². The van der Waals surface area contributed by atoms with Crippen molar-refractivity contribution in [1.82, 2.24) is 5.16 Å². The van der Waals surface area contributed by atoms with Crippen LogP contribution in [0.3, 0.4) is 0 Å². The van der Waals surface area contributed by atoms with E-state index in [2.05, 4.69) is 9.68 Å². The minimum Gasteiger partial charge on any atom is -0.364 e. The number of nitrogens with zero attached hydrogens (tertiary/aromatic N) is 1. The van der Waals surface area contributed by atoms with Gasteiger partial charge < -0.3 is 4.52 Å². The minimum absolute atomic E-state index is 0.0496. The van der Waals surface area contributed by atoms with E-state index in [1.54, 1.807) is 6.07 Å². The van der Waals surface area contributed by atoms with Crippen LogP contribution >= 0.6 is 23.2 Å². The molecule has 0 aliphatic heterocycles. The first-order chi connectivity index (χ1) is 6.70. The molecule has 1 aromatic carbocycles. The summed E-state index contributed by atoms with van der Waals surface area (Å²) in [6.07, 6.45) is 1.37. The lowest BCUT2D eigenvalue weighted by Gasteiger charge is -2.03. The molecule has 2 aromatic rings. The lowest BCUT2D eigenvalue weighted by molar-refractivity contribution is 0.422. The number of halogens is 3. The molecule has 0 saturated heterocycles. The fraction of sp³-hybridized carbons (Fsp3) is 0. The maximum Gasteiger partial charge on any atom is 0.142 e. The molecule has 1 aromatic heterocycles. The molecule has 0 unspecified atom stereocenters. The molecule has 0 saturated carbocycles. The van der Waals surface area contributed by atoms with Crippen LogP contribution in [-0.2, 0) is 0 Å². The summed E-state index contributed by atoms with van der Waals surface area (Å²) in [6, 6.07) is 4.19. The Bertz CT molecular complexity index is 456. The summed E-state index contributed by atoms with van der Waals surface area (Å²) >= 11 is 11.6. The van der Waals surface area contributed by atoms with Gasteiger partial charge in [0.05, 0.1) is 10.0 Å². The standard InChI is InChI=1S/C9H4Cl2FNO/c10-5-1-2-6(12)9(11)8(5)7-3-4-14-13-7/h1-4H. The van der Waals surface area contributed by atoms with Crippen molar-refractivity contribution in [2.75, 3.05) is 0 Å². The van der Waals surface area contributed by atoms with Gasteiger partial charge >= 0.3 is 0 Å². The van der Waals surface area contributed by atoms with E-state index >= 15 is 0 Å². The van der Waals surface area contributed by atoms with Gasteiger partial charge in [-0.15, -0.1) is 0 Å². The van der Waals surface area contributed by atoms with Crippen LogP contribution in [0.4, 0.5) is 4.39 Å². The van der Waals surface area contributed by atoms with Crippen molar-refractivity contribution in [1.29, 1.82) is 0 Å². The topological polar surface area (TPSA) is 26.0 Å². The fourth-order valence-corrected chi connectivity index (χ4v) is 1.67. The highest BCUT2D eigenvalue weighted by atomic mass is 35.5. The summed E-state index contributed by atoms with van der Waals surface area (Å²) in [5.74, 6) is -0.533. The van der Waals surface area contributed by atoms with E-state index in [1.807, 2.05) is 0 Å². The highest BCUT2D eigenvalue weighted by Crippen LogP contribution is 2.35. The van der Waals surface area contributed by atoms with E-state index in [0.717, 1.165) is 0 Å². The molecule has 0 radical (unpaired) electrons. The van der Waals surface area contributed by atoms with E-state index in [1.165, 1.54) is 18.4 Å². The van der Waals surface area contributed by atoms with Crippen LogP contribution in [0.1, 0.15) is 0 Å². The number of hydrogen-bond donors (Lipinski definition) is 0. The average molecular weight is 232 g/mol. The van der Waals surface area contributed by atoms with Crippen molar-refractivity contribution >= 4 is 23.2 Å². The van der Waals surface area contributed by atoms with Crippen LogP contribution in [0.25, 0.3) is 11.3 Å². The lowest BCUT2D eigenvalue weighted by atomic mass is 10.1. The van der Waals surface area contributed by atoms with E-state index < -0.39 is 5.82 Å². The van der Waals surface area contributed by atoms with Crippen molar-refractivity contribution in [3.8, 4) is 11.3 Å². The van der Waals surface area contributed by atoms with Crippen molar-refractivity contribution in [2.45, 2.75) is 0 Å². The number of rotatable bonds is 1. The zero-order valence-corrected chi connectivity index (χ0v) is 8.31. The molecule has 2 rings (SSSR count). The Kier molecular flexibility index (Phi) is 2.44. The summed E-state index contributed by atoms with van der Waals surface area (Å²) in [6.45, 7) is 0. The van der Waals surface area contributed by atoms with Crippen LogP contribution in [0, 0.1) is 5.82 Å². The lowest BCUT2D eigenvalue weighted by Crippen LogP contribution is -1.85. The Balaban J connectivity index is 2.69. The second-order valence-electron chi connectivity index (χ2n) is 2.60. The van der Waals surface area contributed by atoms with E-state index in [-0.39, 0.29) is 5.02 Å². The fourth-order valence-electron chi connectivity index (χ4n) is 1.10. The van der Waals surface area contributed by atoms with Gasteiger partial charge in [0.25, 0.3) is 0 Å². The Labute approximate surface area is 89.2 Å². The molecule has 1 heterocycles. The Morgan fingerprint density at radius 3 is 2.64 bits per heavy atom. The van der Waals surface area contributed by atoms with Gasteiger partial charge in [-0.05, 0) is 12.1 Å². The molecule has 0 bridgehead atoms. The summed E-state index contributed by atoms with van der Waals surface area (Å²) < 4.78 is 17.7. The maximum atomic E-state index is 13.1. The first kappa shape index (κ1) is 9.49. The average Bonchev–Trinajstić information content (AvgIpc) is 2.65. The molecule has 2 nitrogen and oxygen atoms in total. The minimum atomic E-state index is -0.533. The van der Waals surface area contributed by atoms with Crippen LogP contribution in [0.2, 0.25) is 10.0 Å². The van der Waals surface area contributed by atoms with Gasteiger partial charge in [-0.25, -0.2) is 4.39 Å². The number of hydrogen-bond acceptors (Lipinski definition) is 2. The zero-order chi connectivity index (χ0) is 10.1. The van der Waals surface area contributed by atoms with Gasteiger partial charge in [0.1, 0.15) is 17.8 Å². The van der Waals surface area contributed by atoms with Gasteiger partial charge in [-0.1, -0.05) is 28.4 Å². The normalized spacial score (nSPS) is 10.5. The quantitative estimate of drug-likeness (QED) is 0.699. The molecule has 72 valence electrons. The monoisotopic (exact) mass is 231 g/mol. The van der Waals surface area contributed by atoms with Crippen LogP contribution in [0.15, 0.2) is 29.0 Å². The van der Waals surface area contributed by atoms with Crippen LogP contribution in [0.5, 0.6) is 0 Å². The van der Waals surface area contributed by atoms with Crippen molar-refractivity contribution in [3.63, 3.8) is 0 Å². The van der Waals surface area contributed by atoms with Crippen molar-refractivity contribution in [3.05, 3.63) is 40.3 Å². The van der Waals surface area contributed by atoms with E-state index in [9.17, 15) is 4.39 Å². The van der Waals surface area contributed by atoms with Crippen LogP contribution < -0.4 is 0 Å². The van der Waals surface area contributed by atoms with Gasteiger partial charge in [-0.2, -0.15) is 0 Å². The molecular weight excluding hydrogens is 228 g/mol. The molecule has 5 heteroatoms. The van der Waals surface area contributed by atoms with Gasteiger partial charge in [0, 0.05) is 11.6 Å². The zero-order valence-electron chi connectivity index (χ0n) is 6.80. The highest BCUT2D eigenvalue weighted by Gasteiger charge is 2.14. The number of benzene rings is 1. The molecule has 0 amide bonds. The molecule has 0 aliphatic rings. The van der Waals surface area contributed by atoms with Crippen molar-refractivity contribution < 1.29 is 8.91 Å². The second kappa shape index (κ2) is 3.59. The first-order valence-electron chi connectivity index (χ1n) is 3.74. The van der Waals surface area contributed by atoms with Crippen molar-refractivity contribution in [2.24, 2.45) is 0 Å². The molecule has 0 fully saturated rings. The largest absolute Gasteiger partial charge is 0.364 e. The molecular formula is C9H4Cl2FNO. The summed E-state index contributed by atoms with van der Waals surface area (Å²) in [5.41, 5.74) is 0.765. The third-order valence-corrected chi connectivity index (χ3v) is 2.42. The summed E-state index contributed by atoms with van der Waals surface area (Å²) in [7, 11) is 0. The van der Waals surface area contributed by atoms with Crippen LogP contribution in [-0.4, -0.2) is 5.16 Å². The third kappa shape index (κ3) is 1.49. The van der Waals surface area contributed by atoms with Gasteiger partial charge in [0.2, 0.25) is 0 Å². The van der Waals surface area contributed by atoms with Gasteiger partial charge in [0.15, 0.2) is 0 Å². The predicted octanol–water partition coefficient (Wildman–Crippen LogP) is 3.79. The molecule has 0 aliphatic carbocycles. The third-order valence-electron chi connectivity index (χ3n) is 1.74. The maximum absolute atomic E-state index is 13.1. The summed E-state index contributed by atoms with van der Waals surface area (Å²) in [4.78, 5) is 0. The van der Waals surface area contributed by atoms with E-state index in [0.29, 0.717) is 16.3 Å². The Morgan fingerprint density at radius 2 is 2.00 bits per heavy atom. The number of aromatic nitrogens is 1.